The zero-order valence-electron chi connectivity index (χ0n) is 13.2. The summed E-state index contributed by atoms with van der Waals surface area (Å²) < 4.78 is 5.23. The fourth-order valence-corrected chi connectivity index (χ4v) is 2.35. The first-order valence-corrected chi connectivity index (χ1v) is 7.32. The van der Waals surface area contributed by atoms with Gasteiger partial charge in [0, 0.05) is 11.4 Å². The Labute approximate surface area is 128 Å². The van der Waals surface area contributed by atoms with Crippen molar-refractivity contribution in [2.24, 2.45) is 0 Å². The quantitative estimate of drug-likeness (QED) is 0.664. The minimum Gasteiger partial charge on any atom is -0.444 e. The maximum Gasteiger partial charge on any atom is 0.407 e. The summed E-state index contributed by atoms with van der Waals surface area (Å²) in [7, 11) is 2.07. The van der Waals surface area contributed by atoms with Crippen LogP contribution >= 0.6 is 12.6 Å². The minimum absolute atomic E-state index is 0.189. The standard InChI is InChI=1S/C15H24BNO2S/c1-9-6-7-11(13(20)10(9)2)12(16)8-17-14(18)19-15(3,4)5/h6-7,12,20H,8,16H2,1-5H3,(H,17,18). The van der Waals surface area contributed by atoms with Gasteiger partial charge in [-0.3, -0.25) is 0 Å². The van der Waals surface area contributed by atoms with Gasteiger partial charge in [-0.1, -0.05) is 12.1 Å². The number of thiol groups is 1. The molecule has 1 unspecified atom stereocenters. The lowest BCUT2D eigenvalue weighted by atomic mass is 9.80. The summed E-state index contributed by atoms with van der Waals surface area (Å²) in [6.45, 7) is 10.2. The van der Waals surface area contributed by atoms with Crippen LogP contribution in [-0.2, 0) is 4.74 Å². The van der Waals surface area contributed by atoms with Crippen molar-refractivity contribution in [1.29, 1.82) is 0 Å². The van der Waals surface area contributed by atoms with E-state index >= 15 is 0 Å². The molecule has 0 bridgehead atoms. The third-order valence-corrected chi connectivity index (χ3v) is 3.81. The van der Waals surface area contributed by atoms with Crippen LogP contribution in [0.15, 0.2) is 17.0 Å². The van der Waals surface area contributed by atoms with Gasteiger partial charge in [-0.25, -0.2) is 4.79 Å². The highest BCUT2D eigenvalue weighted by atomic mass is 32.1. The molecule has 0 fully saturated rings. The molecule has 1 N–H and O–H groups in total. The topological polar surface area (TPSA) is 38.3 Å². The first kappa shape index (κ1) is 17.0. The number of benzene rings is 1. The maximum atomic E-state index is 11.6. The van der Waals surface area contributed by atoms with Gasteiger partial charge in [-0.15, -0.1) is 12.6 Å². The van der Waals surface area contributed by atoms with Crippen LogP contribution in [0.25, 0.3) is 0 Å². The highest BCUT2D eigenvalue weighted by molar-refractivity contribution is 7.80. The fraction of sp³-hybridized carbons (Fsp3) is 0.533. The molecule has 5 heteroatoms. The molecule has 0 spiro atoms. The summed E-state index contributed by atoms with van der Waals surface area (Å²) in [5.41, 5.74) is 3.09. The molecule has 1 aromatic rings. The molecule has 1 amide bonds. The Hall–Kier alpha value is -1.10. The van der Waals surface area contributed by atoms with E-state index in [1.165, 1.54) is 11.1 Å². The highest BCUT2D eigenvalue weighted by Crippen LogP contribution is 2.26. The predicted octanol–water partition coefficient (Wildman–Crippen LogP) is 2.79. The Morgan fingerprint density at radius 1 is 1.40 bits per heavy atom. The number of carbonyl (C=O) groups is 1. The summed E-state index contributed by atoms with van der Waals surface area (Å²) in [6.07, 6.45) is -0.381. The molecule has 0 radical (unpaired) electrons. The van der Waals surface area contributed by atoms with E-state index in [2.05, 4.69) is 51.8 Å². The van der Waals surface area contributed by atoms with Gasteiger partial charge in [0.05, 0.1) is 0 Å². The zero-order chi connectivity index (χ0) is 15.5. The van der Waals surface area contributed by atoms with E-state index in [4.69, 9.17) is 4.74 Å². The van der Waals surface area contributed by atoms with E-state index in [9.17, 15) is 4.79 Å². The SMILES string of the molecule is BC(CNC(=O)OC(C)(C)C)c1ccc(C)c(C)c1S. The Balaban J connectivity index is 2.66. The Bertz CT molecular complexity index is 497. The zero-order valence-corrected chi connectivity index (χ0v) is 14.1. The number of ether oxygens (including phenoxy) is 1. The Morgan fingerprint density at radius 2 is 2.00 bits per heavy atom. The molecule has 1 rings (SSSR count). The highest BCUT2D eigenvalue weighted by Gasteiger charge is 2.17. The maximum absolute atomic E-state index is 11.6. The number of alkyl carbamates (subject to hydrolysis) is 1. The number of hydrogen-bond donors (Lipinski definition) is 2. The molecule has 0 aromatic heterocycles. The minimum atomic E-state index is -0.470. The molecular formula is C15H24BNO2S. The van der Waals surface area contributed by atoms with Crippen LogP contribution in [0, 0.1) is 13.8 Å². The number of hydrogen-bond acceptors (Lipinski definition) is 3. The van der Waals surface area contributed by atoms with Gasteiger partial charge in [0.15, 0.2) is 0 Å². The third-order valence-electron chi connectivity index (χ3n) is 3.22. The summed E-state index contributed by atoms with van der Waals surface area (Å²) in [4.78, 5) is 12.7. The third kappa shape index (κ3) is 4.78. The molecule has 110 valence electrons. The average molecular weight is 293 g/mol. The van der Waals surface area contributed by atoms with E-state index in [0.717, 1.165) is 10.5 Å². The van der Waals surface area contributed by atoms with Gasteiger partial charge in [-0.2, -0.15) is 0 Å². The number of amides is 1. The fourth-order valence-electron chi connectivity index (χ4n) is 1.88. The number of carbonyl (C=O) groups excluding carboxylic acids is 1. The van der Waals surface area contributed by atoms with Gasteiger partial charge >= 0.3 is 6.09 Å². The monoisotopic (exact) mass is 293 g/mol. The smallest absolute Gasteiger partial charge is 0.407 e. The molecule has 1 aromatic carbocycles. The predicted molar refractivity (Wildman–Crippen MR) is 88.7 cm³/mol. The van der Waals surface area contributed by atoms with E-state index in [1.807, 2.05) is 20.8 Å². The van der Waals surface area contributed by atoms with Crippen molar-refractivity contribution in [3.63, 3.8) is 0 Å². The Kier molecular flexibility index (Phi) is 5.57. The summed E-state index contributed by atoms with van der Waals surface area (Å²) >= 11 is 4.59. The van der Waals surface area contributed by atoms with Gasteiger partial charge in [-0.05, 0) is 57.1 Å². The van der Waals surface area contributed by atoms with Crippen molar-refractivity contribution in [1.82, 2.24) is 5.32 Å². The van der Waals surface area contributed by atoms with E-state index < -0.39 is 5.60 Å². The second-order valence-corrected chi connectivity index (χ2v) is 6.68. The average Bonchev–Trinajstić information content (AvgIpc) is 2.31. The molecule has 0 heterocycles. The lowest BCUT2D eigenvalue weighted by molar-refractivity contribution is 0.0527. The number of nitrogens with one attached hydrogen (secondary N) is 1. The van der Waals surface area contributed by atoms with Crippen molar-refractivity contribution < 1.29 is 9.53 Å². The molecule has 3 nitrogen and oxygen atoms in total. The van der Waals surface area contributed by atoms with Crippen LogP contribution in [-0.4, -0.2) is 26.1 Å². The van der Waals surface area contributed by atoms with Gasteiger partial charge in [0.25, 0.3) is 0 Å². The second-order valence-electron chi connectivity index (χ2n) is 6.23. The molecule has 0 aliphatic rings. The van der Waals surface area contributed by atoms with Crippen molar-refractivity contribution in [2.45, 2.75) is 50.9 Å². The van der Waals surface area contributed by atoms with Crippen LogP contribution in [0.3, 0.4) is 0 Å². The van der Waals surface area contributed by atoms with Crippen molar-refractivity contribution >= 4 is 26.6 Å². The van der Waals surface area contributed by atoms with Crippen LogP contribution in [0.1, 0.15) is 43.3 Å². The molecule has 0 saturated heterocycles. The van der Waals surface area contributed by atoms with Crippen LogP contribution in [0.5, 0.6) is 0 Å². The van der Waals surface area contributed by atoms with E-state index in [-0.39, 0.29) is 11.9 Å². The normalized spacial score (nSPS) is 12.9. The second kappa shape index (κ2) is 6.57. The van der Waals surface area contributed by atoms with Crippen molar-refractivity contribution in [2.75, 3.05) is 6.54 Å². The van der Waals surface area contributed by atoms with Crippen molar-refractivity contribution in [3.05, 3.63) is 28.8 Å². The summed E-state index contributed by atoms with van der Waals surface area (Å²) in [5.74, 6) is 0.189. The molecule has 0 saturated carbocycles. The summed E-state index contributed by atoms with van der Waals surface area (Å²) in [5, 5.41) is 2.80. The van der Waals surface area contributed by atoms with Crippen LogP contribution < -0.4 is 5.32 Å². The first-order chi connectivity index (χ1) is 9.11. The van der Waals surface area contributed by atoms with Gasteiger partial charge in [0.2, 0.25) is 0 Å². The summed E-state index contributed by atoms with van der Waals surface area (Å²) in [6, 6.07) is 4.17. The van der Waals surface area contributed by atoms with Gasteiger partial charge in [0.1, 0.15) is 13.4 Å². The first-order valence-electron chi connectivity index (χ1n) is 6.87. The molecule has 1 atom stereocenters. The largest absolute Gasteiger partial charge is 0.444 e. The van der Waals surface area contributed by atoms with Crippen LogP contribution in [0.2, 0.25) is 0 Å². The molecular weight excluding hydrogens is 269 g/mol. The lowest BCUT2D eigenvalue weighted by Gasteiger charge is -2.22. The Morgan fingerprint density at radius 3 is 2.55 bits per heavy atom. The van der Waals surface area contributed by atoms with E-state index in [0.29, 0.717) is 6.54 Å². The molecule has 0 aliphatic carbocycles. The molecule has 20 heavy (non-hydrogen) atoms. The number of rotatable bonds is 3. The van der Waals surface area contributed by atoms with Crippen molar-refractivity contribution in [3.8, 4) is 0 Å². The van der Waals surface area contributed by atoms with E-state index in [1.54, 1.807) is 0 Å². The molecule has 0 aliphatic heterocycles. The lowest BCUT2D eigenvalue weighted by Crippen LogP contribution is -2.35. The van der Waals surface area contributed by atoms with Gasteiger partial charge < -0.3 is 10.1 Å². The number of aryl methyl sites for hydroxylation is 1. The van der Waals surface area contributed by atoms with Crippen LogP contribution in [0.4, 0.5) is 4.79 Å².